The Labute approximate surface area is 147 Å². The van der Waals surface area contributed by atoms with E-state index in [4.69, 9.17) is 10.5 Å². The van der Waals surface area contributed by atoms with Gasteiger partial charge in [-0.25, -0.2) is 0 Å². The first-order chi connectivity index (χ1) is 12.0. The van der Waals surface area contributed by atoms with Crippen LogP contribution in [0.25, 0.3) is 0 Å². The first-order valence-corrected chi connectivity index (χ1v) is 8.53. The lowest BCUT2D eigenvalue weighted by Crippen LogP contribution is -2.33. The summed E-state index contributed by atoms with van der Waals surface area (Å²) in [4.78, 5) is 34.4. The summed E-state index contributed by atoms with van der Waals surface area (Å²) in [6.07, 6.45) is 4.67. The summed E-state index contributed by atoms with van der Waals surface area (Å²) < 4.78 is 5.73. The normalized spacial score (nSPS) is 19.9. The Balaban J connectivity index is 1.78. The summed E-state index contributed by atoms with van der Waals surface area (Å²) in [6, 6.07) is 6.38. The molecule has 0 radical (unpaired) electrons. The van der Waals surface area contributed by atoms with E-state index in [1.54, 1.807) is 24.3 Å². The molecule has 0 spiro atoms. The fourth-order valence-electron chi connectivity index (χ4n) is 2.88. The number of benzene rings is 1. The zero-order valence-electron chi connectivity index (χ0n) is 14.4. The summed E-state index contributed by atoms with van der Waals surface area (Å²) >= 11 is 0. The van der Waals surface area contributed by atoms with Gasteiger partial charge in [0, 0.05) is 11.3 Å². The molecule has 0 unspecified atom stereocenters. The van der Waals surface area contributed by atoms with Crippen molar-refractivity contribution in [1.82, 2.24) is 5.32 Å². The van der Waals surface area contributed by atoms with Crippen molar-refractivity contribution in [2.75, 3.05) is 18.5 Å². The van der Waals surface area contributed by atoms with E-state index < -0.39 is 11.8 Å². The lowest BCUT2D eigenvalue weighted by atomic mass is 9.88. The second-order valence-corrected chi connectivity index (χ2v) is 6.39. The number of carbonyl (C=O) groups is 3. The van der Waals surface area contributed by atoms with E-state index in [2.05, 4.69) is 17.6 Å². The number of primary amides is 1. The first-order valence-electron chi connectivity index (χ1n) is 8.53. The molecule has 0 aliphatic heterocycles. The number of nitrogens with two attached hydrogens (primary N) is 1. The van der Waals surface area contributed by atoms with E-state index in [1.165, 1.54) is 6.42 Å². The molecule has 1 aliphatic rings. The topological polar surface area (TPSA) is 111 Å². The van der Waals surface area contributed by atoms with Crippen LogP contribution in [0.2, 0.25) is 0 Å². The fraction of sp³-hybridized carbons (Fsp3) is 0.500. The molecule has 136 valence electrons. The molecule has 0 bridgehead atoms. The van der Waals surface area contributed by atoms with Gasteiger partial charge in [0.1, 0.15) is 6.61 Å². The number of ether oxygens (including phenoxy) is 1. The van der Waals surface area contributed by atoms with Crippen LogP contribution in [0, 0.1) is 5.92 Å². The Morgan fingerprint density at radius 3 is 2.48 bits per heavy atom. The minimum absolute atomic E-state index is 0.0237. The Hall–Kier alpha value is -2.41. The minimum atomic E-state index is -0.607. The first kappa shape index (κ1) is 18.9. The molecule has 7 nitrogen and oxygen atoms in total. The number of hydrogen-bond acceptors (Lipinski definition) is 4. The van der Waals surface area contributed by atoms with Crippen molar-refractivity contribution in [2.45, 2.75) is 38.7 Å². The van der Waals surface area contributed by atoms with Crippen molar-refractivity contribution < 1.29 is 19.1 Å². The third-order valence-corrected chi connectivity index (χ3v) is 4.32. The Kier molecular flexibility index (Phi) is 6.94. The number of rotatable bonds is 7. The summed E-state index contributed by atoms with van der Waals surface area (Å²) in [5.41, 5.74) is 5.94. The smallest absolute Gasteiger partial charge is 0.251 e. The summed E-state index contributed by atoms with van der Waals surface area (Å²) in [7, 11) is 0. The molecule has 4 N–H and O–H groups in total. The van der Waals surface area contributed by atoms with Crippen molar-refractivity contribution in [2.24, 2.45) is 11.7 Å². The van der Waals surface area contributed by atoms with Crippen LogP contribution in [-0.2, 0) is 14.3 Å². The molecular weight excluding hydrogens is 322 g/mol. The second-order valence-electron chi connectivity index (χ2n) is 6.39. The van der Waals surface area contributed by atoms with Gasteiger partial charge in [-0.3, -0.25) is 14.4 Å². The van der Waals surface area contributed by atoms with Crippen molar-refractivity contribution in [3.63, 3.8) is 0 Å². The lowest BCUT2D eigenvalue weighted by Gasteiger charge is -2.28. The Morgan fingerprint density at radius 1 is 1.16 bits per heavy atom. The molecule has 25 heavy (non-hydrogen) atoms. The summed E-state index contributed by atoms with van der Waals surface area (Å²) in [6.45, 7) is 1.97. The molecule has 1 aromatic carbocycles. The number of amides is 3. The molecule has 0 saturated heterocycles. The van der Waals surface area contributed by atoms with Crippen molar-refractivity contribution in [3.05, 3.63) is 29.8 Å². The monoisotopic (exact) mass is 347 g/mol. The molecular formula is C18H25N3O4. The van der Waals surface area contributed by atoms with Crippen LogP contribution >= 0.6 is 0 Å². The molecule has 1 aliphatic carbocycles. The van der Waals surface area contributed by atoms with Crippen LogP contribution in [0.1, 0.15) is 43.0 Å². The highest BCUT2D eigenvalue weighted by Gasteiger charge is 2.22. The van der Waals surface area contributed by atoms with Gasteiger partial charge in [0.2, 0.25) is 11.8 Å². The van der Waals surface area contributed by atoms with Gasteiger partial charge in [-0.15, -0.1) is 0 Å². The van der Waals surface area contributed by atoms with E-state index in [-0.39, 0.29) is 25.2 Å². The van der Waals surface area contributed by atoms with Crippen LogP contribution in [0.3, 0.4) is 0 Å². The second kappa shape index (κ2) is 9.17. The Morgan fingerprint density at radius 2 is 1.84 bits per heavy atom. The number of nitrogens with one attached hydrogen (secondary N) is 2. The maximum Gasteiger partial charge on any atom is 0.251 e. The highest BCUT2D eigenvalue weighted by Crippen LogP contribution is 2.26. The van der Waals surface area contributed by atoms with Gasteiger partial charge in [0.05, 0.1) is 12.6 Å². The van der Waals surface area contributed by atoms with Crippen LogP contribution < -0.4 is 16.4 Å². The molecule has 2 atom stereocenters. The van der Waals surface area contributed by atoms with Gasteiger partial charge in [-0.2, -0.15) is 0 Å². The third-order valence-electron chi connectivity index (χ3n) is 4.32. The molecule has 3 amide bonds. The molecule has 1 aromatic rings. The van der Waals surface area contributed by atoms with Crippen molar-refractivity contribution in [1.29, 1.82) is 0 Å². The number of anilines is 1. The molecule has 7 heteroatoms. The maximum absolute atomic E-state index is 12.0. The van der Waals surface area contributed by atoms with Gasteiger partial charge in [0.15, 0.2) is 0 Å². The zero-order chi connectivity index (χ0) is 18.2. The zero-order valence-corrected chi connectivity index (χ0v) is 14.4. The van der Waals surface area contributed by atoms with Gasteiger partial charge in [-0.05, 0) is 43.0 Å². The SMILES string of the molecule is C[C@@H]1CCCC[C@H]1OCC(=O)Nc1ccc(C(=O)NCC(N)=O)cc1. The van der Waals surface area contributed by atoms with E-state index in [0.29, 0.717) is 17.2 Å². The van der Waals surface area contributed by atoms with Gasteiger partial charge in [-0.1, -0.05) is 19.8 Å². The molecule has 1 fully saturated rings. The minimum Gasteiger partial charge on any atom is -0.368 e. The van der Waals surface area contributed by atoms with Crippen LogP contribution in [-0.4, -0.2) is 37.0 Å². The quantitative estimate of drug-likeness (QED) is 0.693. The van der Waals surface area contributed by atoms with Crippen molar-refractivity contribution >= 4 is 23.4 Å². The predicted molar refractivity (Wildman–Crippen MR) is 94.0 cm³/mol. The lowest BCUT2D eigenvalue weighted by molar-refractivity contribution is -0.124. The molecule has 0 aromatic heterocycles. The van der Waals surface area contributed by atoms with Gasteiger partial charge >= 0.3 is 0 Å². The van der Waals surface area contributed by atoms with E-state index in [9.17, 15) is 14.4 Å². The predicted octanol–water partition coefficient (Wildman–Crippen LogP) is 1.44. The average Bonchev–Trinajstić information content (AvgIpc) is 2.59. The largest absolute Gasteiger partial charge is 0.368 e. The highest BCUT2D eigenvalue weighted by molar-refractivity contribution is 5.97. The highest BCUT2D eigenvalue weighted by atomic mass is 16.5. The molecule has 1 saturated carbocycles. The maximum atomic E-state index is 12.0. The van der Waals surface area contributed by atoms with Crippen molar-refractivity contribution in [3.8, 4) is 0 Å². The van der Waals surface area contributed by atoms with E-state index in [1.807, 2.05) is 0 Å². The third kappa shape index (κ3) is 6.19. The molecule has 2 rings (SSSR count). The standard InChI is InChI=1S/C18H25N3O4/c1-12-4-2-3-5-15(12)25-11-17(23)21-14-8-6-13(7-9-14)18(24)20-10-16(19)22/h6-9,12,15H,2-5,10-11H2,1H3,(H2,19,22)(H,20,24)(H,21,23)/t12-,15-/m1/s1. The van der Waals surface area contributed by atoms with E-state index >= 15 is 0 Å². The average molecular weight is 347 g/mol. The summed E-state index contributed by atoms with van der Waals surface area (Å²) in [5, 5.41) is 5.14. The van der Waals surface area contributed by atoms with Crippen LogP contribution in [0.4, 0.5) is 5.69 Å². The van der Waals surface area contributed by atoms with Crippen LogP contribution in [0.15, 0.2) is 24.3 Å². The Bertz CT molecular complexity index is 615. The van der Waals surface area contributed by atoms with Gasteiger partial charge in [0.25, 0.3) is 5.91 Å². The van der Waals surface area contributed by atoms with E-state index in [0.717, 1.165) is 19.3 Å². The fourth-order valence-corrected chi connectivity index (χ4v) is 2.88. The van der Waals surface area contributed by atoms with Crippen LogP contribution in [0.5, 0.6) is 0 Å². The van der Waals surface area contributed by atoms with Gasteiger partial charge < -0.3 is 21.1 Å². The number of hydrogen-bond donors (Lipinski definition) is 3. The molecule has 0 heterocycles. The summed E-state index contributed by atoms with van der Waals surface area (Å²) in [5.74, 6) is -0.737. The number of carbonyl (C=O) groups excluding carboxylic acids is 3.